The third-order valence-corrected chi connectivity index (χ3v) is 5.45. The molecule has 0 bridgehead atoms. The van der Waals surface area contributed by atoms with Crippen molar-refractivity contribution >= 4 is 9.84 Å². The quantitative estimate of drug-likeness (QED) is 0.706. The van der Waals surface area contributed by atoms with Gasteiger partial charge in [-0.1, -0.05) is 13.3 Å². The summed E-state index contributed by atoms with van der Waals surface area (Å²) in [6, 6.07) is 0. The molecule has 0 aliphatic heterocycles. The summed E-state index contributed by atoms with van der Waals surface area (Å²) < 4.78 is 22.9. The van der Waals surface area contributed by atoms with Crippen molar-refractivity contribution in [3.63, 3.8) is 0 Å². The van der Waals surface area contributed by atoms with Gasteiger partial charge in [-0.15, -0.1) is 0 Å². The molecule has 98 valence electrons. The second-order valence-corrected chi connectivity index (χ2v) is 8.23. The van der Waals surface area contributed by atoms with Crippen LogP contribution in [0.4, 0.5) is 0 Å². The van der Waals surface area contributed by atoms with E-state index in [1.54, 1.807) is 20.8 Å². The van der Waals surface area contributed by atoms with Crippen molar-refractivity contribution in [2.75, 3.05) is 5.75 Å². The van der Waals surface area contributed by atoms with Crippen molar-refractivity contribution < 1.29 is 13.5 Å². The monoisotopic (exact) mass is 250 g/mol. The number of hydrogen-bond acceptors (Lipinski definition) is 3. The van der Waals surface area contributed by atoms with Gasteiger partial charge in [-0.05, 0) is 46.5 Å². The Morgan fingerprint density at radius 2 is 1.69 bits per heavy atom. The second kappa shape index (κ2) is 6.60. The number of sulfone groups is 1. The molecule has 0 rings (SSSR count). The topological polar surface area (TPSA) is 54.4 Å². The van der Waals surface area contributed by atoms with Gasteiger partial charge in [0.1, 0.15) is 0 Å². The van der Waals surface area contributed by atoms with Crippen LogP contribution >= 0.6 is 0 Å². The maximum atomic E-state index is 11.8. The molecular weight excluding hydrogens is 224 g/mol. The maximum absolute atomic E-state index is 11.8. The third kappa shape index (κ3) is 5.85. The molecule has 0 amide bonds. The van der Waals surface area contributed by atoms with Crippen LogP contribution in [-0.2, 0) is 9.84 Å². The first-order valence-corrected chi connectivity index (χ1v) is 7.76. The Kier molecular flexibility index (Phi) is 6.56. The highest BCUT2D eigenvalue weighted by molar-refractivity contribution is 7.92. The molecule has 0 radical (unpaired) electrons. The summed E-state index contributed by atoms with van der Waals surface area (Å²) in [5.41, 5.74) is 0. The van der Waals surface area contributed by atoms with Crippen LogP contribution in [0.3, 0.4) is 0 Å². The number of aliphatic hydroxyl groups excluding tert-OH is 1. The van der Waals surface area contributed by atoms with E-state index < -0.39 is 14.6 Å². The molecule has 3 nitrogen and oxygen atoms in total. The fraction of sp³-hybridized carbons (Fsp3) is 1.00. The van der Waals surface area contributed by atoms with Gasteiger partial charge in [-0.25, -0.2) is 8.42 Å². The molecule has 4 heteroatoms. The lowest BCUT2D eigenvalue weighted by atomic mass is 10.1. The maximum Gasteiger partial charge on any atom is 0.155 e. The molecule has 0 aromatic heterocycles. The highest BCUT2D eigenvalue weighted by Gasteiger charge is 2.27. The fourth-order valence-corrected chi connectivity index (χ4v) is 2.65. The Hall–Kier alpha value is -0.0900. The zero-order valence-electron chi connectivity index (χ0n) is 11.0. The minimum atomic E-state index is -2.99. The molecule has 0 saturated carbocycles. The summed E-state index contributed by atoms with van der Waals surface area (Å²) in [6.45, 7) is 7.23. The van der Waals surface area contributed by atoms with E-state index in [0.717, 1.165) is 19.3 Å². The molecule has 0 aromatic rings. The van der Waals surface area contributed by atoms with Crippen LogP contribution in [-0.4, -0.2) is 30.1 Å². The Morgan fingerprint density at radius 3 is 2.12 bits per heavy atom. The molecule has 0 aromatic carbocycles. The van der Waals surface area contributed by atoms with Crippen LogP contribution in [0, 0.1) is 0 Å². The average molecular weight is 250 g/mol. The summed E-state index contributed by atoms with van der Waals surface area (Å²) in [5.74, 6) is 0.231. The molecule has 1 N–H and O–H groups in total. The summed E-state index contributed by atoms with van der Waals surface area (Å²) in [7, 11) is -2.99. The number of hydrogen-bond donors (Lipinski definition) is 1. The first-order valence-electron chi connectivity index (χ1n) is 6.11. The van der Waals surface area contributed by atoms with Crippen LogP contribution in [0.1, 0.15) is 59.8 Å². The third-order valence-electron chi connectivity index (χ3n) is 2.76. The summed E-state index contributed by atoms with van der Waals surface area (Å²) in [4.78, 5) is 0. The SMILES string of the molecule is CCCC(O)CCCCS(=O)(=O)C(C)(C)C. The predicted molar refractivity (Wildman–Crippen MR) is 68.3 cm³/mol. The number of unbranched alkanes of at least 4 members (excludes halogenated alkanes) is 1. The van der Waals surface area contributed by atoms with Crippen molar-refractivity contribution in [3.05, 3.63) is 0 Å². The highest BCUT2D eigenvalue weighted by Crippen LogP contribution is 2.18. The molecule has 0 spiro atoms. The number of rotatable bonds is 7. The lowest BCUT2D eigenvalue weighted by molar-refractivity contribution is 0.151. The lowest BCUT2D eigenvalue weighted by Crippen LogP contribution is -2.30. The van der Waals surface area contributed by atoms with E-state index >= 15 is 0 Å². The molecule has 0 fully saturated rings. The minimum absolute atomic E-state index is 0.231. The van der Waals surface area contributed by atoms with Crippen molar-refractivity contribution in [2.45, 2.75) is 70.7 Å². The Labute approximate surface area is 100 Å². The Morgan fingerprint density at radius 1 is 1.12 bits per heavy atom. The molecule has 0 heterocycles. The van der Waals surface area contributed by atoms with Gasteiger partial charge in [0, 0.05) is 0 Å². The van der Waals surface area contributed by atoms with Crippen LogP contribution in [0.5, 0.6) is 0 Å². The lowest BCUT2D eigenvalue weighted by Gasteiger charge is -2.19. The first-order chi connectivity index (χ1) is 7.20. The minimum Gasteiger partial charge on any atom is -0.393 e. The normalized spacial score (nSPS) is 15.1. The molecular formula is C12H26O3S. The van der Waals surface area contributed by atoms with E-state index in [2.05, 4.69) is 0 Å². The molecule has 1 atom stereocenters. The van der Waals surface area contributed by atoms with Gasteiger partial charge in [0.05, 0.1) is 16.6 Å². The highest BCUT2D eigenvalue weighted by atomic mass is 32.2. The van der Waals surface area contributed by atoms with E-state index in [0.29, 0.717) is 12.8 Å². The molecule has 16 heavy (non-hydrogen) atoms. The molecule has 0 aliphatic rings. The van der Waals surface area contributed by atoms with Crippen molar-refractivity contribution in [1.82, 2.24) is 0 Å². The molecule has 1 unspecified atom stereocenters. The van der Waals surface area contributed by atoms with Crippen LogP contribution in [0.25, 0.3) is 0 Å². The van der Waals surface area contributed by atoms with Gasteiger partial charge >= 0.3 is 0 Å². The average Bonchev–Trinajstić information content (AvgIpc) is 2.11. The predicted octanol–water partition coefficient (Wildman–Crippen LogP) is 2.53. The molecule has 0 aliphatic carbocycles. The number of aliphatic hydroxyl groups is 1. The van der Waals surface area contributed by atoms with Gasteiger partial charge in [0.25, 0.3) is 0 Å². The van der Waals surface area contributed by atoms with Crippen LogP contribution in [0.15, 0.2) is 0 Å². The van der Waals surface area contributed by atoms with Crippen molar-refractivity contribution in [3.8, 4) is 0 Å². The van der Waals surface area contributed by atoms with Crippen molar-refractivity contribution in [2.24, 2.45) is 0 Å². The largest absolute Gasteiger partial charge is 0.393 e. The zero-order chi connectivity index (χ0) is 12.8. The van der Waals surface area contributed by atoms with Crippen LogP contribution in [0.2, 0.25) is 0 Å². The fourth-order valence-electron chi connectivity index (χ4n) is 1.46. The van der Waals surface area contributed by atoms with E-state index in [1.165, 1.54) is 0 Å². The molecule has 0 saturated heterocycles. The van der Waals surface area contributed by atoms with Crippen molar-refractivity contribution in [1.29, 1.82) is 0 Å². The second-order valence-electron chi connectivity index (χ2n) is 5.37. The van der Waals surface area contributed by atoms with E-state index in [1.807, 2.05) is 6.92 Å². The zero-order valence-corrected chi connectivity index (χ0v) is 11.8. The van der Waals surface area contributed by atoms with E-state index in [9.17, 15) is 13.5 Å². The standard InChI is InChI=1S/C12H26O3S/c1-5-8-11(13)9-6-7-10-16(14,15)12(2,3)4/h11,13H,5-10H2,1-4H3. The summed E-state index contributed by atoms with van der Waals surface area (Å²) in [6.07, 6.45) is 3.68. The van der Waals surface area contributed by atoms with Gasteiger partial charge in [0.2, 0.25) is 0 Å². The Balaban J connectivity index is 3.84. The van der Waals surface area contributed by atoms with Crippen LogP contribution < -0.4 is 0 Å². The van der Waals surface area contributed by atoms with Gasteiger partial charge in [-0.2, -0.15) is 0 Å². The van der Waals surface area contributed by atoms with E-state index in [-0.39, 0.29) is 11.9 Å². The van der Waals surface area contributed by atoms with Gasteiger partial charge in [0.15, 0.2) is 9.84 Å². The van der Waals surface area contributed by atoms with Gasteiger partial charge < -0.3 is 5.11 Å². The van der Waals surface area contributed by atoms with Gasteiger partial charge in [-0.3, -0.25) is 0 Å². The summed E-state index contributed by atoms with van der Waals surface area (Å²) >= 11 is 0. The smallest absolute Gasteiger partial charge is 0.155 e. The Bertz CT molecular complexity index is 275. The summed E-state index contributed by atoms with van der Waals surface area (Å²) in [5, 5.41) is 9.49. The first kappa shape index (κ1) is 15.9. The van der Waals surface area contributed by atoms with E-state index in [4.69, 9.17) is 0 Å².